The summed E-state index contributed by atoms with van der Waals surface area (Å²) in [4.78, 5) is 0. The SMILES string of the molecule is Cc1cccc(F)c1-c1ccc(CN)o1. The molecule has 0 amide bonds. The number of hydrogen-bond donors (Lipinski definition) is 1. The van der Waals surface area contributed by atoms with Crippen molar-refractivity contribution in [2.45, 2.75) is 13.5 Å². The summed E-state index contributed by atoms with van der Waals surface area (Å²) in [6.45, 7) is 2.18. The first kappa shape index (κ1) is 9.93. The van der Waals surface area contributed by atoms with Crippen molar-refractivity contribution < 1.29 is 8.81 Å². The van der Waals surface area contributed by atoms with E-state index in [0.717, 1.165) is 5.56 Å². The second kappa shape index (κ2) is 3.87. The van der Waals surface area contributed by atoms with E-state index in [9.17, 15) is 4.39 Å². The summed E-state index contributed by atoms with van der Waals surface area (Å²) in [6.07, 6.45) is 0. The lowest BCUT2D eigenvalue weighted by Crippen LogP contribution is -1.92. The van der Waals surface area contributed by atoms with E-state index >= 15 is 0 Å². The molecule has 0 saturated carbocycles. The fraction of sp³-hybridized carbons (Fsp3) is 0.167. The maximum absolute atomic E-state index is 13.6. The lowest BCUT2D eigenvalue weighted by molar-refractivity contribution is 0.519. The number of rotatable bonds is 2. The predicted molar refractivity (Wildman–Crippen MR) is 56.7 cm³/mol. The number of aryl methyl sites for hydroxylation is 1. The molecule has 0 unspecified atom stereocenters. The Labute approximate surface area is 87.5 Å². The van der Waals surface area contributed by atoms with Crippen LogP contribution in [-0.4, -0.2) is 0 Å². The minimum Gasteiger partial charge on any atom is -0.460 e. The van der Waals surface area contributed by atoms with E-state index in [2.05, 4.69) is 0 Å². The van der Waals surface area contributed by atoms with E-state index in [-0.39, 0.29) is 5.82 Å². The molecule has 2 N–H and O–H groups in total. The van der Waals surface area contributed by atoms with Gasteiger partial charge in [-0.05, 0) is 30.7 Å². The maximum atomic E-state index is 13.6. The van der Waals surface area contributed by atoms with Crippen LogP contribution in [0.5, 0.6) is 0 Å². The van der Waals surface area contributed by atoms with Gasteiger partial charge in [-0.1, -0.05) is 12.1 Å². The van der Waals surface area contributed by atoms with Gasteiger partial charge in [0.15, 0.2) is 0 Å². The van der Waals surface area contributed by atoms with E-state index in [1.165, 1.54) is 6.07 Å². The monoisotopic (exact) mass is 205 g/mol. The summed E-state index contributed by atoms with van der Waals surface area (Å²) < 4.78 is 19.0. The average Bonchev–Trinajstić information content (AvgIpc) is 2.66. The molecule has 78 valence electrons. The molecule has 1 aromatic heterocycles. The molecule has 0 atom stereocenters. The van der Waals surface area contributed by atoms with Crippen molar-refractivity contribution in [3.8, 4) is 11.3 Å². The molecule has 0 bridgehead atoms. The van der Waals surface area contributed by atoms with E-state index < -0.39 is 0 Å². The number of nitrogens with two attached hydrogens (primary N) is 1. The van der Waals surface area contributed by atoms with Crippen molar-refractivity contribution >= 4 is 0 Å². The molecule has 0 aliphatic rings. The first-order chi connectivity index (χ1) is 7.22. The number of furan rings is 1. The third-order valence-corrected chi connectivity index (χ3v) is 2.33. The summed E-state index contributed by atoms with van der Waals surface area (Å²) in [7, 11) is 0. The summed E-state index contributed by atoms with van der Waals surface area (Å²) in [5.41, 5.74) is 6.80. The zero-order chi connectivity index (χ0) is 10.8. The van der Waals surface area contributed by atoms with Gasteiger partial charge in [0, 0.05) is 0 Å². The van der Waals surface area contributed by atoms with Gasteiger partial charge in [-0.25, -0.2) is 4.39 Å². The third-order valence-electron chi connectivity index (χ3n) is 2.33. The number of benzene rings is 1. The van der Waals surface area contributed by atoms with Crippen LogP contribution in [0.2, 0.25) is 0 Å². The molecule has 2 rings (SSSR count). The second-order valence-corrected chi connectivity index (χ2v) is 3.40. The Balaban J connectivity index is 2.53. The van der Waals surface area contributed by atoms with E-state index in [4.69, 9.17) is 10.2 Å². The summed E-state index contributed by atoms with van der Waals surface area (Å²) in [5, 5.41) is 0. The Bertz CT molecular complexity index is 456. The van der Waals surface area contributed by atoms with Crippen LogP contribution >= 0.6 is 0 Å². The van der Waals surface area contributed by atoms with Gasteiger partial charge in [-0.3, -0.25) is 0 Å². The summed E-state index contributed by atoms with van der Waals surface area (Å²) >= 11 is 0. The van der Waals surface area contributed by atoms with E-state index in [1.54, 1.807) is 18.2 Å². The molecule has 0 fully saturated rings. The molecular weight excluding hydrogens is 193 g/mol. The van der Waals surface area contributed by atoms with Crippen LogP contribution in [0.15, 0.2) is 34.7 Å². The highest BCUT2D eigenvalue weighted by molar-refractivity contribution is 5.62. The Kier molecular flexibility index (Phi) is 2.56. The Morgan fingerprint density at radius 1 is 1.27 bits per heavy atom. The number of halogens is 1. The molecule has 0 aliphatic carbocycles. The topological polar surface area (TPSA) is 39.2 Å². The zero-order valence-electron chi connectivity index (χ0n) is 8.46. The van der Waals surface area contributed by atoms with Crippen LogP contribution in [0.4, 0.5) is 4.39 Å². The standard InChI is InChI=1S/C12H12FNO/c1-8-3-2-4-10(13)12(8)11-6-5-9(7-14)15-11/h2-6H,7,14H2,1H3. The Morgan fingerprint density at radius 2 is 2.07 bits per heavy atom. The molecule has 15 heavy (non-hydrogen) atoms. The lowest BCUT2D eigenvalue weighted by atomic mass is 10.1. The second-order valence-electron chi connectivity index (χ2n) is 3.40. The van der Waals surface area contributed by atoms with Gasteiger partial charge in [0.2, 0.25) is 0 Å². The quantitative estimate of drug-likeness (QED) is 0.818. The first-order valence-electron chi connectivity index (χ1n) is 4.76. The van der Waals surface area contributed by atoms with Crippen LogP contribution in [0.25, 0.3) is 11.3 Å². The van der Waals surface area contributed by atoms with Crippen LogP contribution in [0.1, 0.15) is 11.3 Å². The van der Waals surface area contributed by atoms with Gasteiger partial charge in [0.1, 0.15) is 17.3 Å². The molecular formula is C12H12FNO. The molecule has 0 spiro atoms. The molecule has 2 nitrogen and oxygen atoms in total. The van der Waals surface area contributed by atoms with Gasteiger partial charge >= 0.3 is 0 Å². The third kappa shape index (κ3) is 1.78. The van der Waals surface area contributed by atoms with Gasteiger partial charge in [0.05, 0.1) is 12.1 Å². The van der Waals surface area contributed by atoms with Crippen molar-refractivity contribution in [3.05, 3.63) is 47.5 Å². The van der Waals surface area contributed by atoms with Gasteiger partial charge in [-0.2, -0.15) is 0 Å². The molecule has 0 saturated heterocycles. The summed E-state index contributed by atoms with van der Waals surface area (Å²) in [6, 6.07) is 8.46. The fourth-order valence-electron chi connectivity index (χ4n) is 1.57. The van der Waals surface area contributed by atoms with Crippen molar-refractivity contribution in [1.82, 2.24) is 0 Å². The van der Waals surface area contributed by atoms with Gasteiger partial charge < -0.3 is 10.2 Å². The molecule has 1 aromatic carbocycles. The van der Waals surface area contributed by atoms with Crippen molar-refractivity contribution in [1.29, 1.82) is 0 Å². The minimum atomic E-state index is -0.270. The van der Waals surface area contributed by atoms with Crippen LogP contribution < -0.4 is 5.73 Å². The molecule has 0 radical (unpaired) electrons. The predicted octanol–water partition coefficient (Wildman–Crippen LogP) is 2.85. The fourth-order valence-corrected chi connectivity index (χ4v) is 1.57. The van der Waals surface area contributed by atoms with Gasteiger partial charge in [0.25, 0.3) is 0 Å². The maximum Gasteiger partial charge on any atom is 0.137 e. The average molecular weight is 205 g/mol. The molecule has 0 aliphatic heterocycles. The van der Waals surface area contributed by atoms with Crippen molar-refractivity contribution in [3.63, 3.8) is 0 Å². The number of hydrogen-bond acceptors (Lipinski definition) is 2. The lowest BCUT2D eigenvalue weighted by Gasteiger charge is -2.03. The minimum absolute atomic E-state index is 0.270. The van der Waals surface area contributed by atoms with Crippen molar-refractivity contribution in [2.24, 2.45) is 5.73 Å². The van der Waals surface area contributed by atoms with Crippen LogP contribution in [0.3, 0.4) is 0 Å². The highest BCUT2D eigenvalue weighted by Gasteiger charge is 2.11. The van der Waals surface area contributed by atoms with Crippen molar-refractivity contribution in [2.75, 3.05) is 0 Å². The van der Waals surface area contributed by atoms with Crippen LogP contribution in [0, 0.1) is 12.7 Å². The molecule has 2 aromatic rings. The molecule has 1 heterocycles. The van der Waals surface area contributed by atoms with Gasteiger partial charge in [-0.15, -0.1) is 0 Å². The van der Waals surface area contributed by atoms with E-state index in [1.807, 2.05) is 13.0 Å². The smallest absolute Gasteiger partial charge is 0.137 e. The highest BCUT2D eigenvalue weighted by atomic mass is 19.1. The summed E-state index contributed by atoms with van der Waals surface area (Å²) in [5.74, 6) is 0.923. The van der Waals surface area contributed by atoms with Crippen LogP contribution in [-0.2, 0) is 6.54 Å². The normalized spacial score (nSPS) is 10.6. The first-order valence-corrected chi connectivity index (χ1v) is 4.76. The highest BCUT2D eigenvalue weighted by Crippen LogP contribution is 2.27. The Morgan fingerprint density at radius 3 is 2.67 bits per heavy atom. The molecule has 3 heteroatoms. The van der Waals surface area contributed by atoms with E-state index in [0.29, 0.717) is 23.6 Å². The largest absolute Gasteiger partial charge is 0.460 e. The Hall–Kier alpha value is -1.61. The zero-order valence-corrected chi connectivity index (χ0v) is 8.46.